The molecule has 0 fully saturated rings. The normalized spacial score (nSPS) is 12.6. The van der Waals surface area contributed by atoms with Gasteiger partial charge in [0, 0.05) is 19.0 Å². The van der Waals surface area contributed by atoms with Gasteiger partial charge in [0.1, 0.15) is 18.4 Å². The van der Waals surface area contributed by atoms with Crippen LogP contribution in [-0.2, 0) is 32.6 Å². The first-order chi connectivity index (χ1) is 21.1. The van der Waals surface area contributed by atoms with E-state index in [-0.39, 0.29) is 35.5 Å². The minimum Gasteiger partial charge on any atom is -0.352 e. The molecular formula is C35H38FN3O4S. The third-order valence-electron chi connectivity index (χ3n) is 7.47. The molecule has 0 saturated carbocycles. The molecule has 1 N–H and O–H groups in total. The molecule has 0 aliphatic rings. The smallest absolute Gasteiger partial charge is 0.264 e. The molecule has 0 aromatic heterocycles. The Morgan fingerprint density at radius 3 is 2.00 bits per heavy atom. The number of rotatable bonds is 13. The van der Waals surface area contributed by atoms with Crippen molar-refractivity contribution in [3.8, 4) is 0 Å². The van der Waals surface area contributed by atoms with Gasteiger partial charge in [-0.1, -0.05) is 85.3 Å². The molecule has 0 saturated heterocycles. The lowest BCUT2D eigenvalue weighted by Crippen LogP contribution is -2.54. The van der Waals surface area contributed by atoms with Crippen molar-refractivity contribution in [2.75, 3.05) is 10.8 Å². The quantitative estimate of drug-likeness (QED) is 0.203. The third kappa shape index (κ3) is 8.32. The summed E-state index contributed by atoms with van der Waals surface area (Å²) in [6.07, 6.45) is 0.935. The third-order valence-corrected chi connectivity index (χ3v) is 9.26. The molecule has 0 unspecified atom stereocenters. The van der Waals surface area contributed by atoms with Crippen LogP contribution in [0, 0.1) is 12.7 Å². The molecule has 0 spiro atoms. The van der Waals surface area contributed by atoms with E-state index in [1.165, 1.54) is 17.0 Å². The standard InChI is InChI=1S/C35H38FN3O4S/c1-4-27(3)37-35(41)33(23-28-11-7-5-8-12-28)38(24-29-17-15-26(2)16-18-29)34(40)25-39(31-13-9-6-10-14-31)44(42,43)32-21-19-30(36)20-22-32/h5-22,27,33H,4,23-25H2,1-3H3,(H,37,41)/t27-,33-/m1/s1. The van der Waals surface area contributed by atoms with Crippen molar-refractivity contribution >= 4 is 27.5 Å². The number of hydrogen-bond acceptors (Lipinski definition) is 4. The predicted molar refractivity (Wildman–Crippen MR) is 171 cm³/mol. The maximum atomic E-state index is 14.4. The number of aryl methyl sites for hydroxylation is 1. The number of para-hydroxylation sites is 1. The minimum atomic E-state index is -4.29. The van der Waals surface area contributed by atoms with Crippen LogP contribution < -0.4 is 9.62 Å². The van der Waals surface area contributed by atoms with Gasteiger partial charge in [0.15, 0.2) is 0 Å². The van der Waals surface area contributed by atoms with Gasteiger partial charge in [-0.05, 0) is 67.8 Å². The SMILES string of the molecule is CC[C@@H](C)NC(=O)[C@@H](Cc1ccccc1)N(Cc1ccc(C)cc1)C(=O)CN(c1ccccc1)S(=O)(=O)c1ccc(F)cc1. The van der Waals surface area contributed by atoms with Crippen molar-refractivity contribution in [3.05, 3.63) is 132 Å². The summed E-state index contributed by atoms with van der Waals surface area (Å²) in [6.45, 7) is 5.34. The van der Waals surface area contributed by atoms with Crippen molar-refractivity contribution in [1.82, 2.24) is 10.2 Å². The van der Waals surface area contributed by atoms with E-state index < -0.39 is 34.3 Å². The topological polar surface area (TPSA) is 86.8 Å². The second kappa shape index (κ2) is 14.8. The first-order valence-corrected chi connectivity index (χ1v) is 16.0. The maximum Gasteiger partial charge on any atom is 0.264 e. The highest BCUT2D eigenvalue weighted by Gasteiger charge is 2.35. The molecule has 0 aliphatic heterocycles. The number of carbonyl (C=O) groups is 2. The second-order valence-corrected chi connectivity index (χ2v) is 12.7. The molecule has 230 valence electrons. The summed E-state index contributed by atoms with van der Waals surface area (Å²) in [5, 5.41) is 3.03. The molecule has 2 atom stereocenters. The Morgan fingerprint density at radius 1 is 0.818 bits per heavy atom. The summed E-state index contributed by atoms with van der Waals surface area (Å²) < 4.78 is 42.6. The summed E-state index contributed by atoms with van der Waals surface area (Å²) in [5.41, 5.74) is 2.97. The van der Waals surface area contributed by atoms with Gasteiger partial charge in [-0.15, -0.1) is 0 Å². The van der Waals surface area contributed by atoms with E-state index in [1.807, 2.05) is 75.4 Å². The van der Waals surface area contributed by atoms with Crippen LogP contribution >= 0.6 is 0 Å². The Labute approximate surface area is 259 Å². The van der Waals surface area contributed by atoms with E-state index in [9.17, 15) is 22.4 Å². The highest BCUT2D eigenvalue weighted by Crippen LogP contribution is 2.25. The van der Waals surface area contributed by atoms with Gasteiger partial charge in [0.2, 0.25) is 11.8 Å². The lowest BCUT2D eigenvalue weighted by atomic mass is 10.0. The van der Waals surface area contributed by atoms with Gasteiger partial charge in [-0.2, -0.15) is 0 Å². The lowest BCUT2D eigenvalue weighted by Gasteiger charge is -2.34. The first kappa shape index (κ1) is 32.4. The average molecular weight is 616 g/mol. The summed E-state index contributed by atoms with van der Waals surface area (Å²) in [6, 6.07) is 28.8. The van der Waals surface area contributed by atoms with Gasteiger partial charge >= 0.3 is 0 Å². The van der Waals surface area contributed by atoms with E-state index in [1.54, 1.807) is 30.3 Å². The number of anilines is 1. The van der Waals surface area contributed by atoms with Crippen LogP contribution in [0.4, 0.5) is 10.1 Å². The first-order valence-electron chi connectivity index (χ1n) is 14.6. The number of nitrogens with one attached hydrogen (secondary N) is 1. The van der Waals surface area contributed by atoms with E-state index >= 15 is 0 Å². The predicted octanol–water partition coefficient (Wildman–Crippen LogP) is 5.88. The zero-order chi connectivity index (χ0) is 31.7. The number of halogens is 1. The molecule has 0 heterocycles. The number of hydrogen-bond donors (Lipinski definition) is 1. The molecule has 0 bridgehead atoms. The average Bonchev–Trinajstić information content (AvgIpc) is 3.03. The summed E-state index contributed by atoms with van der Waals surface area (Å²) >= 11 is 0. The molecule has 7 nitrogen and oxygen atoms in total. The van der Waals surface area contributed by atoms with Crippen LogP contribution in [0.15, 0.2) is 114 Å². The number of sulfonamides is 1. The Morgan fingerprint density at radius 2 is 1.41 bits per heavy atom. The van der Waals surface area contributed by atoms with Gasteiger partial charge in [-0.3, -0.25) is 13.9 Å². The summed E-state index contributed by atoms with van der Waals surface area (Å²) in [4.78, 5) is 29.5. The molecule has 9 heteroatoms. The fraction of sp³-hybridized carbons (Fsp3) is 0.257. The molecule has 4 aromatic rings. The monoisotopic (exact) mass is 615 g/mol. The number of amides is 2. The lowest BCUT2D eigenvalue weighted by molar-refractivity contribution is -0.140. The Balaban J connectivity index is 1.78. The van der Waals surface area contributed by atoms with Crippen LogP contribution in [0.2, 0.25) is 0 Å². The number of nitrogens with zero attached hydrogens (tertiary/aromatic N) is 2. The molecule has 0 aliphatic carbocycles. The Hall–Kier alpha value is -4.50. The summed E-state index contributed by atoms with van der Waals surface area (Å²) in [7, 11) is -4.29. The molecule has 4 aromatic carbocycles. The van der Waals surface area contributed by atoms with Crippen LogP contribution in [0.1, 0.15) is 37.0 Å². The highest BCUT2D eigenvalue weighted by atomic mass is 32.2. The van der Waals surface area contributed by atoms with E-state index in [2.05, 4.69) is 5.32 Å². The van der Waals surface area contributed by atoms with Crippen molar-refractivity contribution in [1.29, 1.82) is 0 Å². The fourth-order valence-electron chi connectivity index (χ4n) is 4.74. The largest absolute Gasteiger partial charge is 0.352 e. The highest BCUT2D eigenvalue weighted by molar-refractivity contribution is 7.92. The number of carbonyl (C=O) groups excluding carboxylic acids is 2. The molecule has 0 radical (unpaired) electrons. The van der Waals surface area contributed by atoms with E-state index in [4.69, 9.17) is 0 Å². The molecule has 4 rings (SSSR count). The van der Waals surface area contributed by atoms with Crippen molar-refractivity contribution < 1.29 is 22.4 Å². The van der Waals surface area contributed by atoms with Crippen molar-refractivity contribution in [2.45, 2.75) is 57.1 Å². The van der Waals surface area contributed by atoms with Crippen molar-refractivity contribution in [2.24, 2.45) is 0 Å². The maximum absolute atomic E-state index is 14.4. The zero-order valence-corrected chi connectivity index (χ0v) is 26.0. The minimum absolute atomic E-state index is 0.0871. The zero-order valence-electron chi connectivity index (χ0n) is 25.2. The Bertz CT molecular complexity index is 1630. The van der Waals surface area contributed by atoms with Gasteiger partial charge < -0.3 is 10.2 Å². The number of benzene rings is 4. The van der Waals surface area contributed by atoms with Gasteiger partial charge in [-0.25, -0.2) is 12.8 Å². The molecular weight excluding hydrogens is 577 g/mol. The van der Waals surface area contributed by atoms with Gasteiger partial charge in [0.25, 0.3) is 10.0 Å². The van der Waals surface area contributed by atoms with E-state index in [0.29, 0.717) is 6.42 Å². The van der Waals surface area contributed by atoms with Crippen LogP contribution in [0.3, 0.4) is 0 Å². The molecule has 44 heavy (non-hydrogen) atoms. The van der Waals surface area contributed by atoms with Crippen molar-refractivity contribution in [3.63, 3.8) is 0 Å². The fourth-order valence-corrected chi connectivity index (χ4v) is 6.16. The van der Waals surface area contributed by atoms with Crippen LogP contribution in [0.5, 0.6) is 0 Å². The summed E-state index contributed by atoms with van der Waals surface area (Å²) in [5.74, 6) is -1.46. The Kier molecular flexibility index (Phi) is 10.9. The van der Waals surface area contributed by atoms with E-state index in [0.717, 1.165) is 33.1 Å². The van der Waals surface area contributed by atoms with Crippen LogP contribution in [-0.4, -0.2) is 43.8 Å². The van der Waals surface area contributed by atoms with Crippen LogP contribution in [0.25, 0.3) is 0 Å². The second-order valence-electron chi connectivity index (χ2n) is 10.8. The molecule has 2 amide bonds. The van der Waals surface area contributed by atoms with Gasteiger partial charge in [0.05, 0.1) is 10.6 Å².